The van der Waals surface area contributed by atoms with Crippen molar-refractivity contribution >= 4 is 5.97 Å². The minimum absolute atomic E-state index is 0.0365. The van der Waals surface area contributed by atoms with Crippen LogP contribution in [0.4, 0.5) is 0 Å². The van der Waals surface area contributed by atoms with Crippen molar-refractivity contribution in [3.05, 3.63) is 0 Å². The molecule has 1 unspecified atom stereocenters. The van der Waals surface area contributed by atoms with E-state index in [9.17, 15) is 4.79 Å². The van der Waals surface area contributed by atoms with Crippen LogP contribution >= 0.6 is 0 Å². The molecule has 74 valence electrons. The van der Waals surface area contributed by atoms with Crippen LogP contribution in [-0.4, -0.2) is 13.1 Å². The number of hydrogen-bond donors (Lipinski definition) is 0. The highest BCUT2D eigenvalue weighted by Gasteiger charge is 2.41. The van der Waals surface area contributed by atoms with Crippen molar-refractivity contribution in [3.63, 3.8) is 0 Å². The van der Waals surface area contributed by atoms with Gasteiger partial charge in [-0.15, -0.1) is 0 Å². The molecule has 0 saturated heterocycles. The van der Waals surface area contributed by atoms with E-state index in [4.69, 9.17) is 4.74 Å². The molecule has 2 aliphatic carbocycles. The van der Waals surface area contributed by atoms with Crippen LogP contribution in [0, 0.1) is 17.8 Å². The molecule has 0 aromatic heterocycles. The van der Waals surface area contributed by atoms with E-state index < -0.39 is 0 Å². The largest absolute Gasteiger partial charge is 0.469 e. The molecule has 2 saturated carbocycles. The van der Waals surface area contributed by atoms with Crippen molar-refractivity contribution < 1.29 is 9.53 Å². The Hall–Kier alpha value is -0.530. The molecule has 2 nitrogen and oxygen atoms in total. The van der Waals surface area contributed by atoms with Crippen LogP contribution in [-0.2, 0) is 9.53 Å². The molecular formula is C11H18O2. The first-order valence-corrected chi connectivity index (χ1v) is 5.40. The fraction of sp³-hybridized carbons (Fsp3) is 0.909. The molecule has 0 aromatic rings. The van der Waals surface area contributed by atoms with E-state index in [2.05, 4.69) is 0 Å². The van der Waals surface area contributed by atoms with Gasteiger partial charge in [-0.25, -0.2) is 0 Å². The normalized spacial score (nSPS) is 38.4. The average molecular weight is 182 g/mol. The molecule has 13 heavy (non-hydrogen) atoms. The maximum absolute atomic E-state index is 11.4. The zero-order chi connectivity index (χ0) is 9.26. The maximum Gasteiger partial charge on any atom is 0.308 e. The molecule has 0 aromatic carbocycles. The predicted octanol–water partition coefficient (Wildman–Crippen LogP) is 2.38. The number of fused-ring (bicyclic) bond motifs is 1. The van der Waals surface area contributed by atoms with Gasteiger partial charge >= 0.3 is 5.97 Å². The van der Waals surface area contributed by atoms with Gasteiger partial charge in [0.15, 0.2) is 0 Å². The fourth-order valence-corrected chi connectivity index (χ4v) is 3.18. The Labute approximate surface area is 79.7 Å². The van der Waals surface area contributed by atoms with Gasteiger partial charge in [-0.1, -0.05) is 19.3 Å². The first-order chi connectivity index (χ1) is 6.33. The minimum atomic E-state index is 0.0365. The summed E-state index contributed by atoms with van der Waals surface area (Å²) in [4.78, 5) is 11.4. The second kappa shape index (κ2) is 3.69. The van der Waals surface area contributed by atoms with Gasteiger partial charge in [-0.05, 0) is 31.1 Å². The SMILES string of the molecule is COC(=O)C1CC[C@H]2CCCC[C@H]12. The minimum Gasteiger partial charge on any atom is -0.469 e. The first kappa shape index (κ1) is 9.04. The van der Waals surface area contributed by atoms with Crippen molar-refractivity contribution in [2.24, 2.45) is 17.8 Å². The highest BCUT2D eigenvalue weighted by atomic mass is 16.5. The zero-order valence-corrected chi connectivity index (χ0v) is 8.29. The third-order valence-corrected chi connectivity index (χ3v) is 3.84. The molecule has 2 rings (SSSR count). The van der Waals surface area contributed by atoms with E-state index >= 15 is 0 Å². The van der Waals surface area contributed by atoms with Crippen LogP contribution in [0.3, 0.4) is 0 Å². The van der Waals surface area contributed by atoms with Crippen molar-refractivity contribution in [2.45, 2.75) is 38.5 Å². The highest BCUT2D eigenvalue weighted by molar-refractivity contribution is 5.73. The molecule has 0 N–H and O–H groups in total. The molecule has 0 bridgehead atoms. The summed E-state index contributed by atoms with van der Waals surface area (Å²) in [5.74, 6) is 1.75. The maximum atomic E-state index is 11.4. The predicted molar refractivity (Wildman–Crippen MR) is 50.2 cm³/mol. The number of carbonyl (C=O) groups excluding carboxylic acids is 1. The van der Waals surface area contributed by atoms with Gasteiger partial charge in [-0.3, -0.25) is 4.79 Å². The van der Waals surface area contributed by atoms with Gasteiger partial charge in [0.2, 0.25) is 0 Å². The summed E-state index contributed by atoms with van der Waals surface area (Å²) in [6, 6.07) is 0. The molecule has 2 heteroatoms. The van der Waals surface area contributed by atoms with Crippen LogP contribution in [0.25, 0.3) is 0 Å². The summed E-state index contributed by atoms with van der Waals surface area (Å²) in [6.45, 7) is 0. The Morgan fingerprint density at radius 2 is 1.92 bits per heavy atom. The van der Waals surface area contributed by atoms with Gasteiger partial charge in [0.05, 0.1) is 13.0 Å². The summed E-state index contributed by atoms with van der Waals surface area (Å²) >= 11 is 0. The molecule has 0 spiro atoms. The van der Waals surface area contributed by atoms with Gasteiger partial charge in [-0.2, -0.15) is 0 Å². The second-order valence-electron chi connectivity index (χ2n) is 4.42. The molecule has 0 aliphatic heterocycles. The number of ether oxygens (including phenoxy) is 1. The summed E-state index contributed by atoms with van der Waals surface area (Å²) < 4.78 is 4.84. The van der Waals surface area contributed by atoms with Gasteiger partial charge < -0.3 is 4.74 Å². The Balaban J connectivity index is 2.02. The lowest BCUT2D eigenvalue weighted by Crippen LogP contribution is -2.25. The topological polar surface area (TPSA) is 26.3 Å². The quantitative estimate of drug-likeness (QED) is 0.582. The second-order valence-corrected chi connectivity index (χ2v) is 4.42. The van der Waals surface area contributed by atoms with Crippen molar-refractivity contribution in [1.29, 1.82) is 0 Å². The molecule has 2 aliphatic rings. The number of esters is 1. The lowest BCUT2D eigenvalue weighted by atomic mass is 9.78. The fourth-order valence-electron chi connectivity index (χ4n) is 3.18. The summed E-state index contributed by atoms with van der Waals surface area (Å²) in [5, 5.41) is 0. The number of carbonyl (C=O) groups is 1. The monoisotopic (exact) mass is 182 g/mol. The molecule has 2 fully saturated rings. The molecule has 3 atom stereocenters. The third kappa shape index (κ3) is 1.59. The molecule has 0 amide bonds. The summed E-state index contributed by atoms with van der Waals surface area (Å²) in [7, 11) is 1.51. The van der Waals surface area contributed by atoms with Crippen LogP contribution < -0.4 is 0 Å². The lowest BCUT2D eigenvalue weighted by Gasteiger charge is -2.27. The van der Waals surface area contributed by atoms with E-state index in [1.807, 2.05) is 0 Å². The Morgan fingerprint density at radius 3 is 2.69 bits per heavy atom. The van der Waals surface area contributed by atoms with E-state index in [0.29, 0.717) is 5.92 Å². The molecular weight excluding hydrogens is 164 g/mol. The zero-order valence-electron chi connectivity index (χ0n) is 8.29. The van der Waals surface area contributed by atoms with E-state index in [1.54, 1.807) is 0 Å². The number of hydrogen-bond acceptors (Lipinski definition) is 2. The Bertz CT molecular complexity index is 200. The third-order valence-electron chi connectivity index (χ3n) is 3.84. The molecule has 0 heterocycles. The van der Waals surface area contributed by atoms with E-state index in [-0.39, 0.29) is 11.9 Å². The van der Waals surface area contributed by atoms with Gasteiger partial charge in [0.25, 0.3) is 0 Å². The smallest absolute Gasteiger partial charge is 0.308 e. The van der Waals surface area contributed by atoms with Crippen LogP contribution in [0.2, 0.25) is 0 Å². The highest BCUT2D eigenvalue weighted by Crippen LogP contribution is 2.46. The first-order valence-electron chi connectivity index (χ1n) is 5.40. The van der Waals surface area contributed by atoms with E-state index in [1.165, 1.54) is 39.2 Å². The summed E-state index contributed by atoms with van der Waals surface area (Å²) in [6.07, 6.45) is 7.61. The summed E-state index contributed by atoms with van der Waals surface area (Å²) in [5.41, 5.74) is 0. The number of rotatable bonds is 1. The van der Waals surface area contributed by atoms with Gasteiger partial charge in [0.1, 0.15) is 0 Å². The van der Waals surface area contributed by atoms with Crippen LogP contribution in [0.15, 0.2) is 0 Å². The Morgan fingerprint density at radius 1 is 1.15 bits per heavy atom. The van der Waals surface area contributed by atoms with Crippen molar-refractivity contribution in [2.75, 3.05) is 7.11 Å². The van der Waals surface area contributed by atoms with E-state index in [0.717, 1.165) is 12.3 Å². The lowest BCUT2D eigenvalue weighted by molar-refractivity contribution is -0.147. The Kier molecular flexibility index (Phi) is 2.56. The molecule has 0 radical (unpaired) electrons. The van der Waals surface area contributed by atoms with Gasteiger partial charge in [0, 0.05) is 0 Å². The van der Waals surface area contributed by atoms with Crippen molar-refractivity contribution in [1.82, 2.24) is 0 Å². The number of methoxy groups -OCH3 is 1. The van der Waals surface area contributed by atoms with Crippen molar-refractivity contribution in [3.8, 4) is 0 Å². The average Bonchev–Trinajstić information content (AvgIpc) is 2.60. The standard InChI is InChI=1S/C11H18O2/c1-13-11(12)10-7-6-8-4-2-3-5-9(8)10/h8-10H,2-7H2,1H3/t8-,9+,10?/m1/s1. The van der Waals surface area contributed by atoms with Crippen LogP contribution in [0.5, 0.6) is 0 Å². The van der Waals surface area contributed by atoms with Crippen LogP contribution in [0.1, 0.15) is 38.5 Å².